The fourth-order valence-electron chi connectivity index (χ4n) is 0.764. The predicted octanol–water partition coefficient (Wildman–Crippen LogP) is 6.74. The average molecular weight is 288 g/mol. The number of rotatable bonds is 0. The van der Waals surface area contributed by atoms with Crippen molar-refractivity contribution in [1.82, 2.24) is 14.6 Å². The van der Waals surface area contributed by atoms with E-state index in [0.717, 1.165) is 5.65 Å². The molecule has 0 saturated carbocycles. The van der Waals surface area contributed by atoms with Gasteiger partial charge in [0.05, 0.1) is 6.20 Å². The number of fused-ring (bicyclic) bond motifs is 1. The van der Waals surface area contributed by atoms with Gasteiger partial charge in [-0.3, -0.25) is 0 Å². The molecule has 0 spiro atoms. The predicted molar refractivity (Wildman–Crippen MR) is 98.6 cm³/mol. The van der Waals surface area contributed by atoms with Gasteiger partial charge >= 0.3 is 0 Å². The van der Waals surface area contributed by atoms with Crippen LogP contribution in [0.15, 0.2) is 30.7 Å². The second-order valence-corrected chi connectivity index (χ2v) is 1.75. The van der Waals surface area contributed by atoms with Crippen LogP contribution >= 0.6 is 0 Å². The summed E-state index contributed by atoms with van der Waals surface area (Å²) in [5.74, 6) is 0. The van der Waals surface area contributed by atoms with Crippen molar-refractivity contribution < 1.29 is 0 Å². The molecule has 0 aromatic carbocycles. The standard InChI is InChI=1S/C6H5N3.4C2H6.3CH4/c1-3-7-6-2-4-8-9(6)5-1;4*1-2;;;/h1-5H;4*1-2H3;3*1H4. The molecule has 3 nitrogen and oxygen atoms in total. The Morgan fingerprint density at radius 2 is 1.20 bits per heavy atom. The van der Waals surface area contributed by atoms with Crippen LogP contribution in [0.3, 0.4) is 0 Å². The SMILES string of the molecule is C.C.C.CC.CC.CC.CC.c1cnc2ccnn2c1. The number of hydrogen-bond donors (Lipinski definition) is 0. The highest BCUT2D eigenvalue weighted by molar-refractivity contribution is 5.33. The molecular formula is C17H41N3. The Kier molecular flexibility index (Phi) is 65.4. The largest absolute Gasteiger partial charge is 0.237 e. The fraction of sp³-hybridized carbons (Fsp3) is 0.647. The zero-order chi connectivity index (χ0) is 14.1. The van der Waals surface area contributed by atoms with Crippen molar-refractivity contribution in [3.63, 3.8) is 0 Å². The smallest absolute Gasteiger partial charge is 0.154 e. The van der Waals surface area contributed by atoms with Crippen molar-refractivity contribution >= 4 is 5.65 Å². The summed E-state index contributed by atoms with van der Waals surface area (Å²) < 4.78 is 1.72. The summed E-state index contributed by atoms with van der Waals surface area (Å²) in [6.45, 7) is 16.0. The summed E-state index contributed by atoms with van der Waals surface area (Å²) in [6.07, 6.45) is 5.34. The molecule has 0 aliphatic carbocycles. The molecule has 2 aromatic heterocycles. The summed E-state index contributed by atoms with van der Waals surface area (Å²) in [6, 6.07) is 3.71. The van der Waals surface area contributed by atoms with Crippen LogP contribution in [0.5, 0.6) is 0 Å². The van der Waals surface area contributed by atoms with E-state index in [-0.39, 0.29) is 22.3 Å². The third kappa shape index (κ3) is 16.6. The Labute approximate surface area is 129 Å². The lowest BCUT2D eigenvalue weighted by Gasteiger charge is -1.85. The van der Waals surface area contributed by atoms with Gasteiger partial charge in [0.1, 0.15) is 0 Å². The second-order valence-electron chi connectivity index (χ2n) is 1.75. The summed E-state index contributed by atoms with van der Waals surface area (Å²) in [4.78, 5) is 4.04. The van der Waals surface area contributed by atoms with Crippen LogP contribution in [0, 0.1) is 0 Å². The monoisotopic (exact) mass is 287 g/mol. The minimum absolute atomic E-state index is 0. The maximum absolute atomic E-state index is 4.04. The second kappa shape index (κ2) is 36.0. The Bertz CT molecular complexity index is 286. The van der Waals surface area contributed by atoms with Gasteiger partial charge in [0.25, 0.3) is 0 Å². The van der Waals surface area contributed by atoms with Gasteiger partial charge in [0.15, 0.2) is 5.65 Å². The summed E-state index contributed by atoms with van der Waals surface area (Å²) >= 11 is 0. The van der Waals surface area contributed by atoms with Crippen molar-refractivity contribution in [2.45, 2.75) is 77.7 Å². The van der Waals surface area contributed by atoms with E-state index in [0.29, 0.717) is 0 Å². The molecule has 0 bridgehead atoms. The normalized spacial score (nSPS) is 5.80. The van der Waals surface area contributed by atoms with Crippen molar-refractivity contribution in [1.29, 1.82) is 0 Å². The molecule has 20 heavy (non-hydrogen) atoms. The molecule has 0 saturated heterocycles. The molecule has 0 atom stereocenters. The average Bonchev–Trinajstić information content (AvgIpc) is 2.96. The molecule has 2 heterocycles. The van der Waals surface area contributed by atoms with Gasteiger partial charge in [-0.2, -0.15) is 5.10 Å². The molecule has 0 unspecified atom stereocenters. The van der Waals surface area contributed by atoms with Gasteiger partial charge in [0, 0.05) is 18.5 Å². The quantitative estimate of drug-likeness (QED) is 0.537. The highest BCUT2D eigenvalue weighted by Crippen LogP contribution is 1.93. The molecule has 0 fully saturated rings. The maximum atomic E-state index is 4.04. The Balaban J connectivity index is -0.0000000396. The van der Waals surface area contributed by atoms with E-state index in [1.54, 1.807) is 16.9 Å². The van der Waals surface area contributed by atoms with Crippen molar-refractivity contribution in [2.24, 2.45) is 0 Å². The van der Waals surface area contributed by atoms with Crippen LogP contribution in [-0.4, -0.2) is 14.6 Å². The van der Waals surface area contributed by atoms with E-state index >= 15 is 0 Å². The van der Waals surface area contributed by atoms with Crippen molar-refractivity contribution in [3.05, 3.63) is 30.7 Å². The molecule has 3 heteroatoms. The van der Waals surface area contributed by atoms with Crippen LogP contribution < -0.4 is 0 Å². The van der Waals surface area contributed by atoms with E-state index in [4.69, 9.17) is 0 Å². The van der Waals surface area contributed by atoms with Gasteiger partial charge in [-0.15, -0.1) is 0 Å². The zero-order valence-electron chi connectivity index (χ0n) is 12.7. The molecule has 2 aromatic rings. The van der Waals surface area contributed by atoms with Gasteiger partial charge in [0.2, 0.25) is 0 Å². The highest BCUT2D eigenvalue weighted by Gasteiger charge is 1.86. The van der Waals surface area contributed by atoms with E-state index in [1.807, 2.05) is 73.7 Å². The Morgan fingerprint density at radius 1 is 0.750 bits per heavy atom. The molecular weight excluding hydrogens is 246 g/mol. The topological polar surface area (TPSA) is 30.2 Å². The highest BCUT2D eigenvalue weighted by atomic mass is 15.2. The first kappa shape index (κ1) is 36.3. The molecule has 0 aliphatic rings. The number of nitrogens with zero attached hydrogens (tertiary/aromatic N) is 3. The van der Waals surface area contributed by atoms with Gasteiger partial charge in [-0.25, -0.2) is 9.50 Å². The Morgan fingerprint density at radius 3 is 1.60 bits per heavy atom. The molecule has 124 valence electrons. The molecule has 0 N–H and O–H groups in total. The fourth-order valence-corrected chi connectivity index (χ4v) is 0.764. The van der Waals surface area contributed by atoms with Crippen LogP contribution in [-0.2, 0) is 0 Å². The lowest BCUT2D eigenvalue weighted by molar-refractivity contribution is 0.939. The summed E-state index contributed by atoms with van der Waals surface area (Å²) in [5.41, 5.74) is 0.887. The van der Waals surface area contributed by atoms with E-state index < -0.39 is 0 Å². The van der Waals surface area contributed by atoms with Gasteiger partial charge < -0.3 is 0 Å². The minimum atomic E-state index is 0. The first-order chi connectivity index (χ1) is 8.47. The van der Waals surface area contributed by atoms with Crippen LogP contribution in [0.4, 0.5) is 0 Å². The van der Waals surface area contributed by atoms with Crippen molar-refractivity contribution in [3.8, 4) is 0 Å². The van der Waals surface area contributed by atoms with Crippen LogP contribution in [0.2, 0.25) is 0 Å². The lowest BCUT2D eigenvalue weighted by Crippen LogP contribution is -1.85. The van der Waals surface area contributed by atoms with E-state index in [9.17, 15) is 0 Å². The Hall–Kier alpha value is -1.38. The number of hydrogen-bond acceptors (Lipinski definition) is 2. The first-order valence-corrected chi connectivity index (χ1v) is 6.71. The van der Waals surface area contributed by atoms with Crippen LogP contribution in [0.1, 0.15) is 77.7 Å². The number of aromatic nitrogens is 3. The third-order valence-electron chi connectivity index (χ3n) is 1.17. The summed E-state index contributed by atoms with van der Waals surface area (Å²) in [7, 11) is 0. The van der Waals surface area contributed by atoms with Gasteiger partial charge in [-0.1, -0.05) is 77.7 Å². The molecule has 0 radical (unpaired) electrons. The molecule has 2 rings (SSSR count). The minimum Gasteiger partial charge on any atom is -0.237 e. The van der Waals surface area contributed by atoms with Gasteiger partial charge in [-0.05, 0) is 6.07 Å². The maximum Gasteiger partial charge on any atom is 0.154 e. The lowest BCUT2D eigenvalue weighted by atomic mass is 10.6. The third-order valence-corrected chi connectivity index (χ3v) is 1.17. The molecule has 0 aliphatic heterocycles. The summed E-state index contributed by atoms with van der Waals surface area (Å²) in [5, 5.41) is 3.97. The zero-order valence-corrected chi connectivity index (χ0v) is 12.7. The first-order valence-electron chi connectivity index (χ1n) is 6.71. The van der Waals surface area contributed by atoms with E-state index in [1.165, 1.54) is 0 Å². The van der Waals surface area contributed by atoms with E-state index in [2.05, 4.69) is 10.1 Å². The molecule has 0 amide bonds. The van der Waals surface area contributed by atoms with Crippen LogP contribution in [0.25, 0.3) is 5.65 Å². The van der Waals surface area contributed by atoms with Crippen molar-refractivity contribution in [2.75, 3.05) is 0 Å².